The molecule has 1 N–H and O–H groups in total. The molecule has 0 aliphatic heterocycles. The number of benzene rings is 1. The average molecular weight is 252 g/mol. The first-order chi connectivity index (χ1) is 8.15. The topological polar surface area (TPSA) is 12.0 Å². The van der Waals surface area contributed by atoms with E-state index in [1.807, 2.05) is 12.1 Å². The van der Waals surface area contributed by atoms with Crippen molar-refractivity contribution in [3.8, 4) is 0 Å². The molecule has 1 aromatic rings. The summed E-state index contributed by atoms with van der Waals surface area (Å²) in [6.45, 7) is 5.84. The first kappa shape index (κ1) is 12.9. The van der Waals surface area contributed by atoms with E-state index in [0.29, 0.717) is 5.92 Å². The maximum atomic E-state index is 5.89. The molecule has 17 heavy (non-hydrogen) atoms. The number of hydrogen-bond acceptors (Lipinski definition) is 1. The Balaban J connectivity index is 1.78. The Hall–Kier alpha value is -0.530. The zero-order valence-corrected chi connectivity index (χ0v) is 11.5. The van der Waals surface area contributed by atoms with Crippen LogP contribution in [0.1, 0.15) is 32.3 Å². The summed E-state index contributed by atoms with van der Waals surface area (Å²) in [6, 6.07) is 9.06. The second-order valence-electron chi connectivity index (χ2n) is 5.47. The van der Waals surface area contributed by atoms with E-state index in [4.69, 9.17) is 11.6 Å². The molecule has 2 rings (SSSR count). The van der Waals surface area contributed by atoms with Crippen LogP contribution in [0.5, 0.6) is 0 Å². The highest BCUT2D eigenvalue weighted by molar-refractivity contribution is 6.30. The van der Waals surface area contributed by atoms with Crippen molar-refractivity contribution in [3.05, 3.63) is 34.9 Å². The highest BCUT2D eigenvalue weighted by Crippen LogP contribution is 2.22. The molecule has 94 valence electrons. The van der Waals surface area contributed by atoms with Crippen molar-refractivity contribution in [2.75, 3.05) is 6.54 Å². The van der Waals surface area contributed by atoms with E-state index < -0.39 is 0 Å². The van der Waals surface area contributed by atoms with Crippen molar-refractivity contribution < 1.29 is 0 Å². The fourth-order valence-electron chi connectivity index (χ4n) is 2.03. The van der Waals surface area contributed by atoms with Gasteiger partial charge in [-0.2, -0.15) is 0 Å². The summed E-state index contributed by atoms with van der Waals surface area (Å²) in [5, 5.41) is 4.43. The van der Waals surface area contributed by atoms with Crippen LogP contribution in [0.3, 0.4) is 0 Å². The Morgan fingerprint density at radius 2 is 1.82 bits per heavy atom. The number of halogens is 1. The lowest BCUT2D eigenvalue weighted by molar-refractivity contribution is 0.364. The van der Waals surface area contributed by atoms with Gasteiger partial charge in [-0.3, -0.25) is 0 Å². The van der Waals surface area contributed by atoms with Gasteiger partial charge in [0.2, 0.25) is 0 Å². The third-order valence-corrected chi connectivity index (χ3v) is 4.00. The molecule has 1 nitrogen and oxygen atoms in total. The number of hydrogen-bond donors (Lipinski definition) is 1. The Kier molecular flexibility index (Phi) is 4.47. The Morgan fingerprint density at radius 3 is 2.41 bits per heavy atom. The molecule has 0 radical (unpaired) electrons. The predicted molar refractivity (Wildman–Crippen MR) is 74.5 cm³/mol. The van der Waals surface area contributed by atoms with Crippen molar-refractivity contribution in [3.63, 3.8) is 0 Å². The molecule has 0 saturated heterocycles. The van der Waals surface area contributed by atoms with E-state index in [2.05, 4.69) is 31.3 Å². The summed E-state index contributed by atoms with van der Waals surface area (Å²) in [7, 11) is 0. The van der Waals surface area contributed by atoms with Gasteiger partial charge < -0.3 is 5.32 Å². The van der Waals surface area contributed by atoms with Gasteiger partial charge in [-0.1, -0.05) is 37.6 Å². The van der Waals surface area contributed by atoms with E-state index >= 15 is 0 Å². The first-order valence-electron chi connectivity index (χ1n) is 6.63. The van der Waals surface area contributed by atoms with Crippen LogP contribution in [0, 0.1) is 11.8 Å². The number of rotatable bonds is 6. The molecule has 0 spiro atoms. The standard InChI is InChI=1S/C15H22ClN/c1-11(12(2)10-17-15-7-8-15)9-13-3-5-14(16)6-4-13/h3-6,11-12,15,17H,7-10H2,1-2H3. The van der Waals surface area contributed by atoms with Gasteiger partial charge in [0.1, 0.15) is 0 Å². The zero-order valence-electron chi connectivity index (χ0n) is 10.7. The van der Waals surface area contributed by atoms with Crippen LogP contribution in [0.4, 0.5) is 0 Å². The highest BCUT2D eigenvalue weighted by atomic mass is 35.5. The van der Waals surface area contributed by atoms with Crippen LogP contribution in [-0.4, -0.2) is 12.6 Å². The smallest absolute Gasteiger partial charge is 0.0406 e. The lowest BCUT2D eigenvalue weighted by Crippen LogP contribution is -2.27. The minimum Gasteiger partial charge on any atom is -0.314 e. The summed E-state index contributed by atoms with van der Waals surface area (Å²) in [5.41, 5.74) is 1.39. The van der Waals surface area contributed by atoms with E-state index in [0.717, 1.165) is 29.9 Å². The SMILES string of the molecule is CC(CNC1CC1)C(C)Cc1ccc(Cl)cc1. The van der Waals surface area contributed by atoms with Crippen LogP contribution in [0.15, 0.2) is 24.3 Å². The number of nitrogens with one attached hydrogen (secondary N) is 1. The molecule has 1 fully saturated rings. The minimum absolute atomic E-state index is 0.711. The van der Waals surface area contributed by atoms with Gasteiger partial charge in [0.15, 0.2) is 0 Å². The molecule has 1 saturated carbocycles. The van der Waals surface area contributed by atoms with E-state index in [1.54, 1.807) is 0 Å². The third-order valence-electron chi connectivity index (χ3n) is 3.75. The maximum absolute atomic E-state index is 5.89. The molecule has 1 aliphatic rings. The van der Waals surface area contributed by atoms with Crippen molar-refractivity contribution in [2.45, 2.75) is 39.2 Å². The summed E-state index contributed by atoms with van der Waals surface area (Å²) < 4.78 is 0. The van der Waals surface area contributed by atoms with Gasteiger partial charge in [0, 0.05) is 11.1 Å². The molecule has 1 aromatic carbocycles. The van der Waals surface area contributed by atoms with Gasteiger partial charge in [-0.05, 0) is 55.3 Å². The van der Waals surface area contributed by atoms with Gasteiger partial charge >= 0.3 is 0 Å². The monoisotopic (exact) mass is 251 g/mol. The molecule has 1 aliphatic carbocycles. The van der Waals surface area contributed by atoms with Gasteiger partial charge in [0.25, 0.3) is 0 Å². The summed E-state index contributed by atoms with van der Waals surface area (Å²) >= 11 is 5.89. The second kappa shape index (κ2) is 5.88. The lowest BCUT2D eigenvalue weighted by atomic mass is 9.89. The van der Waals surface area contributed by atoms with Crippen molar-refractivity contribution in [2.24, 2.45) is 11.8 Å². The molecule has 2 heteroatoms. The molecule has 0 bridgehead atoms. The minimum atomic E-state index is 0.711. The van der Waals surface area contributed by atoms with Crippen molar-refractivity contribution >= 4 is 11.6 Å². The van der Waals surface area contributed by atoms with Crippen LogP contribution in [0.2, 0.25) is 5.02 Å². The highest BCUT2D eigenvalue weighted by Gasteiger charge is 2.22. The molecule has 0 amide bonds. The Bertz CT molecular complexity index is 342. The molecule has 2 atom stereocenters. The van der Waals surface area contributed by atoms with Crippen molar-refractivity contribution in [1.82, 2.24) is 5.32 Å². The average Bonchev–Trinajstić information content (AvgIpc) is 3.13. The Labute approximate surface area is 110 Å². The van der Waals surface area contributed by atoms with Crippen LogP contribution < -0.4 is 5.32 Å². The summed E-state index contributed by atoms with van der Waals surface area (Å²) in [6.07, 6.45) is 3.89. The normalized spacial score (nSPS) is 19.0. The third kappa shape index (κ3) is 4.33. The molecular weight excluding hydrogens is 230 g/mol. The molecule has 2 unspecified atom stereocenters. The molecule has 0 heterocycles. The maximum Gasteiger partial charge on any atom is 0.0406 e. The van der Waals surface area contributed by atoms with Crippen molar-refractivity contribution in [1.29, 1.82) is 0 Å². The van der Waals surface area contributed by atoms with Gasteiger partial charge in [-0.15, -0.1) is 0 Å². The second-order valence-corrected chi connectivity index (χ2v) is 5.90. The first-order valence-corrected chi connectivity index (χ1v) is 7.01. The largest absolute Gasteiger partial charge is 0.314 e. The quantitative estimate of drug-likeness (QED) is 0.809. The fraction of sp³-hybridized carbons (Fsp3) is 0.600. The van der Waals surface area contributed by atoms with Gasteiger partial charge in [-0.25, -0.2) is 0 Å². The van der Waals surface area contributed by atoms with E-state index in [1.165, 1.54) is 18.4 Å². The molecule has 0 aromatic heterocycles. The van der Waals surface area contributed by atoms with Gasteiger partial charge in [0.05, 0.1) is 0 Å². The Morgan fingerprint density at radius 1 is 1.18 bits per heavy atom. The predicted octanol–water partition coefficient (Wildman–Crippen LogP) is 3.91. The van der Waals surface area contributed by atoms with Crippen LogP contribution in [-0.2, 0) is 6.42 Å². The molecular formula is C15H22ClN. The zero-order chi connectivity index (χ0) is 12.3. The van der Waals surface area contributed by atoms with E-state index in [-0.39, 0.29) is 0 Å². The summed E-state index contributed by atoms with van der Waals surface area (Å²) in [4.78, 5) is 0. The van der Waals surface area contributed by atoms with E-state index in [9.17, 15) is 0 Å². The van der Waals surface area contributed by atoms with Crippen LogP contribution in [0.25, 0.3) is 0 Å². The lowest BCUT2D eigenvalue weighted by Gasteiger charge is -2.20. The summed E-state index contributed by atoms with van der Waals surface area (Å²) in [5.74, 6) is 1.44. The van der Waals surface area contributed by atoms with Crippen LogP contribution >= 0.6 is 11.6 Å². The fourth-order valence-corrected chi connectivity index (χ4v) is 2.16.